The Kier molecular flexibility index (Phi) is 2.05. The molecule has 1 aliphatic heterocycles. The summed E-state index contributed by atoms with van der Waals surface area (Å²) in [5, 5.41) is 6.86. The lowest BCUT2D eigenvalue weighted by Gasteiger charge is -2.19. The maximum Gasteiger partial charge on any atom is 0.258 e. The largest absolute Gasteiger partial charge is 0.304 e. The number of carbonyl (C=O) groups is 1. The van der Waals surface area contributed by atoms with Crippen LogP contribution in [0.3, 0.4) is 0 Å². The Labute approximate surface area is 54.8 Å². The monoisotopic (exact) mass is 127 g/mol. The number of nitrogens with one attached hydrogen (secondary N) is 1. The predicted octanol–water partition coefficient (Wildman–Crippen LogP) is -0.501. The third-order valence-electron chi connectivity index (χ3n) is 1.48. The summed E-state index contributed by atoms with van der Waals surface area (Å²) < 4.78 is 0. The zero-order valence-electron chi connectivity index (χ0n) is 5.55. The first-order chi connectivity index (χ1) is 4.34. The third-order valence-corrected chi connectivity index (χ3v) is 1.48. The normalized spacial score (nSPS) is 27.7. The van der Waals surface area contributed by atoms with Crippen molar-refractivity contribution in [2.45, 2.75) is 19.4 Å². The van der Waals surface area contributed by atoms with Crippen LogP contribution in [0.5, 0.6) is 0 Å². The van der Waals surface area contributed by atoms with E-state index >= 15 is 0 Å². The summed E-state index contributed by atoms with van der Waals surface area (Å²) >= 11 is 0. The Bertz CT molecular complexity index is 114. The first-order valence-corrected chi connectivity index (χ1v) is 3.29. The Balaban J connectivity index is 2.39. The van der Waals surface area contributed by atoms with Gasteiger partial charge < -0.3 is 5.32 Å². The maximum absolute atomic E-state index is 10.8. The van der Waals surface area contributed by atoms with E-state index in [0.29, 0.717) is 6.54 Å². The number of hydrogen-bond donors (Lipinski definition) is 1. The molecule has 0 saturated carbocycles. The van der Waals surface area contributed by atoms with E-state index in [1.807, 2.05) is 6.92 Å². The van der Waals surface area contributed by atoms with Gasteiger partial charge >= 0.3 is 0 Å². The van der Waals surface area contributed by atoms with E-state index in [1.54, 1.807) is 0 Å². The lowest BCUT2D eigenvalue weighted by molar-refractivity contribution is -0.124. The molecule has 1 unspecified atom stereocenters. The highest BCUT2D eigenvalue weighted by molar-refractivity contribution is 5.82. The fraction of sp³-hybridized carbons (Fsp3) is 0.833. The Hall–Kier alpha value is -0.570. The van der Waals surface area contributed by atoms with Gasteiger partial charge in [0, 0.05) is 6.54 Å². The maximum atomic E-state index is 10.8. The van der Waals surface area contributed by atoms with Crippen LogP contribution in [-0.2, 0) is 4.79 Å². The second-order valence-corrected chi connectivity index (χ2v) is 2.13. The van der Waals surface area contributed by atoms with Gasteiger partial charge in [-0.3, -0.25) is 4.79 Å². The summed E-state index contributed by atoms with van der Waals surface area (Å²) in [7, 11) is 0. The number of nitrogens with zero attached hydrogens (tertiary/aromatic N) is 1. The highest BCUT2D eigenvalue weighted by atomic mass is 16.2. The van der Waals surface area contributed by atoms with Gasteiger partial charge in [0.1, 0.15) is 0 Å². The second kappa shape index (κ2) is 2.82. The quantitative estimate of drug-likeness (QED) is 0.516. The molecule has 9 heavy (non-hydrogen) atoms. The Morgan fingerprint density at radius 1 is 1.89 bits per heavy atom. The molecule has 1 saturated heterocycles. The molecule has 1 N–H and O–H groups in total. The minimum Gasteiger partial charge on any atom is -0.304 e. The smallest absolute Gasteiger partial charge is 0.258 e. The molecule has 51 valence electrons. The first kappa shape index (κ1) is 6.55. The van der Waals surface area contributed by atoms with Crippen molar-refractivity contribution in [1.29, 1.82) is 0 Å². The van der Waals surface area contributed by atoms with Gasteiger partial charge in [0.15, 0.2) is 0 Å². The van der Waals surface area contributed by atoms with E-state index in [4.69, 9.17) is 0 Å². The standard InChI is InChI=1S/C6H11N2O/c1-2-5-6(9)8-4-3-7-5/h5,7H,2-4H2,1H3. The van der Waals surface area contributed by atoms with Crippen molar-refractivity contribution in [2.75, 3.05) is 13.1 Å². The fourth-order valence-electron chi connectivity index (χ4n) is 0.921. The molecule has 1 fully saturated rings. The van der Waals surface area contributed by atoms with Gasteiger partial charge in [0.25, 0.3) is 5.91 Å². The summed E-state index contributed by atoms with van der Waals surface area (Å²) in [6, 6.07) is -0.00116. The second-order valence-electron chi connectivity index (χ2n) is 2.13. The number of rotatable bonds is 1. The van der Waals surface area contributed by atoms with Gasteiger partial charge in [-0.15, -0.1) is 0 Å². The minimum atomic E-state index is -0.00116. The molecule has 3 nitrogen and oxygen atoms in total. The van der Waals surface area contributed by atoms with Crippen molar-refractivity contribution in [3.63, 3.8) is 0 Å². The minimum absolute atomic E-state index is 0.00116. The summed E-state index contributed by atoms with van der Waals surface area (Å²) in [6.07, 6.45) is 0.850. The molecule has 1 aliphatic rings. The molecule has 0 aliphatic carbocycles. The van der Waals surface area contributed by atoms with Crippen LogP contribution in [0.25, 0.3) is 0 Å². The zero-order chi connectivity index (χ0) is 6.69. The van der Waals surface area contributed by atoms with Crippen LogP contribution in [0.4, 0.5) is 0 Å². The molecular formula is C6H11N2O. The average molecular weight is 127 g/mol. The fourth-order valence-corrected chi connectivity index (χ4v) is 0.921. The summed E-state index contributed by atoms with van der Waals surface area (Å²) in [4.78, 5) is 10.8. The molecule has 0 aromatic rings. The topological polar surface area (TPSA) is 43.2 Å². The van der Waals surface area contributed by atoms with Crippen LogP contribution < -0.4 is 10.6 Å². The highest BCUT2D eigenvalue weighted by Gasteiger charge is 2.19. The van der Waals surface area contributed by atoms with Crippen LogP contribution in [0.2, 0.25) is 0 Å². The first-order valence-electron chi connectivity index (χ1n) is 3.29. The molecule has 0 bridgehead atoms. The Morgan fingerprint density at radius 2 is 2.67 bits per heavy atom. The molecule has 1 atom stereocenters. The van der Waals surface area contributed by atoms with Gasteiger partial charge in [-0.05, 0) is 6.42 Å². The number of carbonyl (C=O) groups excluding carboxylic acids is 1. The summed E-state index contributed by atoms with van der Waals surface area (Å²) in [6.45, 7) is 3.48. The number of hydrogen-bond acceptors (Lipinski definition) is 2. The molecule has 0 aromatic carbocycles. The van der Waals surface area contributed by atoms with Crippen LogP contribution in [0.1, 0.15) is 13.3 Å². The van der Waals surface area contributed by atoms with Crippen molar-refractivity contribution >= 4 is 5.91 Å². The van der Waals surface area contributed by atoms with Crippen molar-refractivity contribution < 1.29 is 4.79 Å². The van der Waals surface area contributed by atoms with Crippen LogP contribution in [0.15, 0.2) is 0 Å². The van der Waals surface area contributed by atoms with Crippen LogP contribution >= 0.6 is 0 Å². The lowest BCUT2D eigenvalue weighted by Crippen LogP contribution is -2.49. The van der Waals surface area contributed by atoms with Crippen molar-refractivity contribution in [1.82, 2.24) is 10.6 Å². The summed E-state index contributed by atoms with van der Waals surface area (Å²) in [5.74, 6) is 0.0174. The molecule has 0 spiro atoms. The SMILES string of the molecule is CCC1NCC[N]C1=O. The molecule has 3 heteroatoms. The van der Waals surface area contributed by atoms with E-state index in [0.717, 1.165) is 13.0 Å². The van der Waals surface area contributed by atoms with Gasteiger partial charge in [0.05, 0.1) is 12.6 Å². The van der Waals surface area contributed by atoms with Crippen molar-refractivity contribution in [2.24, 2.45) is 0 Å². The van der Waals surface area contributed by atoms with Gasteiger partial charge in [-0.1, -0.05) is 6.92 Å². The highest BCUT2D eigenvalue weighted by Crippen LogP contribution is 1.94. The molecule has 0 aromatic heterocycles. The summed E-state index contributed by atoms with van der Waals surface area (Å²) in [5.41, 5.74) is 0. The molecule has 1 amide bonds. The third kappa shape index (κ3) is 1.42. The number of piperazine rings is 1. The Morgan fingerprint density at radius 3 is 3.11 bits per heavy atom. The van der Waals surface area contributed by atoms with Gasteiger partial charge in [-0.25, -0.2) is 5.32 Å². The predicted molar refractivity (Wildman–Crippen MR) is 34.1 cm³/mol. The van der Waals surface area contributed by atoms with Gasteiger partial charge in [-0.2, -0.15) is 0 Å². The van der Waals surface area contributed by atoms with E-state index in [-0.39, 0.29) is 11.9 Å². The van der Waals surface area contributed by atoms with Crippen molar-refractivity contribution in [3.05, 3.63) is 0 Å². The van der Waals surface area contributed by atoms with Crippen molar-refractivity contribution in [3.8, 4) is 0 Å². The van der Waals surface area contributed by atoms with E-state index in [1.165, 1.54) is 0 Å². The van der Waals surface area contributed by atoms with Gasteiger partial charge in [0.2, 0.25) is 0 Å². The molecular weight excluding hydrogens is 116 g/mol. The lowest BCUT2D eigenvalue weighted by atomic mass is 10.2. The molecule has 1 rings (SSSR count). The zero-order valence-corrected chi connectivity index (χ0v) is 5.55. The van der Waals surface area contributed by atoms with E-state index in [2.05, 4.69) is 10.6 Å². The van der Waals surface area contributed by atoms with E-state index in [9.17, 15) is 4.79 Å². The van der Waals surface area contributed by atoms with E-state index < -0.39 is 0 Å². The average Bonchev–Trinajstić information content (AvgIpc) is 1.89. The van der Waals surface area contributed by atoms with Crippen LogP contribution in [-0.4, -0.2) is 25.0 Å². The van der Waals surface area contributed by atoms with Crippen LogP contribution in [0, 0.1) is 0 Å². The molecule has 1 radical (unpaired) electrons. The molecule has 1 heterocycles. The number of amides is 1.